The number of nitrogens with zero attached hydrogens (tertiary/aromatic N) is 2. The molecule has 3 aromatic carbocycles. The smallest absolute Gasteiger partial charge is 0.238 e. The lowest BCUT2D eigenvalue weighted by atomic mass is 10.1. The lowest BCUT2D eigenvalue weighted by Gasteiger charge is -2.03. The standard InChI is InChI=1S/C25H20ClN3O4S/c1-33-22-11-4-18(5-12-22)25-19(6-15-24(30)17-2-7-20(26)8-3-17)16-29(28-25)21-9-13-23(14-10-21)34(27,31)32/h2-16H,1H3,(H2,27,31,32)/b15-6-. The Morgan fingerprint density at radius 2 is 1.65 bits per heavy atom. The molecular weight excluding hydrogens is 474 g/mol. The fourth-order valence-corrected chi connectivity index (χ4v) is 3.92. The van der Waals surface area contributed by atoms with Crippen molar-refractivity contribution < 1.29 is 17.9 Å². The molecule has 0 spiro atoms. The molecule has 0 aliphatic carbocycles. The third-order valence-electron chi connectivity index (χ3n) is 5.08. The van der Waals surface area contributed by atoms with E-state index in [0.717, 1.165) is 5.56 Å². The Bertz CT molecular complexity index is 1460. The van der Waals surface area contributed by atoms with Crippen LogP contribution in [-0.2, 0) is 10.0 Å². The van der Waals surface area contributed by atoms with Crippen LogP contribution in [0.25, 0.3) is 23.0 Å². The van der Waals surface area contributed by atoms with Crippen molar-refractivity contribution in [3.63, 3.8) is 0 Å². The van der Waals surface area contributed by atoms with E-state index in [2.05, 4.69) is 5.10 Å². The van der Waals surface area contributed by atoms with Gasteiger partial charge in [-0.1, -0.05) is 11.6 Å². The molecule has 0 radical (unpaired) electrons. The Morgan fingerprint density at radius 3 is 2.24 bits per heavy atom. The zero-order valence-corrected chi connectivity index (χ0v) is 19.6. The molecule has 4 rings (SSSR count). The molecule has 172 valence electrons. The minimum Gasteiger partial charge on any atom is -0.497 e. The summed E-state index contributed by atoms with van der Waals surface area (Å²) in [7, 11) is -2.21. The number of nitrogens with two attached hydrogens (primary N) is 1. The van der Waals surface area contributed by atoms with Gasteiger partial charge in [-0.25, -0.2) is 18.2 Å². The van der Waals surface area contributed by atoms with E-state index in [1.54, 1.807) is 60.5 Å². The van der Waals surface area contributed by atoms with E-state index in [1.807, 2.05) is 24.3 Å². The van der Waals surface area contributed by atoms with Crippen molar-refractivity contribution in [1.29, 1.82) is 0 Å². The quantitative estimate of drug-likeness (QED) is 0.295. The van der Waals surface area contributed by atoms with Crippen molar-refractivity contribution in [2.24, 2.45) is 5.14 Å². The molecule has 0 saturated heterocycles. The van der Waals surface area contributed by atoms with Crippen LogP contribution in [0.3, 0.4) is 0 Å². The van der Waals surface area contributed by atoms with Crippen LogP contribution in [0.5, 0.6) is 5.75 Å². The second kappa shape index (κ2) is 9.64. The number of carbonyl (C=O) groups excluding carboxylic acids is 1. The van der Waals surface area contributed by atoms with Crippen molar-refractivity contribution in [2.75, 3.05) is 7.11 Å². The molecule has 7 nitrogen and oxygen atoms in total. The van der Waals surface area contributed by atoms with Crippen LogP contribution < -0.4 is 9.88 Å². The van der Waals surface area contributed by atoms with Gasteiger partial charge in [-0.3, -0.25) is 4.79 Å². The lowest BCUT2D eigenvalue weighted by molar-refractivity contribution is 0.104. The van der Waals surface area contributed by atoms with Gasteiger partial charge in [-0.05, 0) is 84.9 Å². The van der Waals surface area contributed by atoms with Crippen LogP contribution >= 0.6 is 11.6 Å². The zero-order chi connectivity index (χ0) is 24.3. The van der Waals surface area contributed by atoms with E-state index in [4.69, 9.17) is 21.5 Å². The van der Waals surface area contributed by atoms with Gasteiger partial charge < -0.3 is 4.74 Å². The fraction of sp³-hybridized carbons (Fsp3) is 0.0400. The van der Waals surface area contributed by atoms with Gasteiger partial charge in [-0.15, -0.1) is 0 Å². The van der Waals surface area contributed by atoms with E-state index in [1.165, 1.54) is 18.2 Å². The normalized spacial score (nSPS) is 11.6. The van der Waals surface area contributed by atoms with Gasteiger partial charge >= 0.3 is 0 Å². The summed E-state index contributed by atoms with van der Waals surface area (Å²) in [6, 6.07) is 20.1. The average Bonchev–Trinajstić information content (AvgIpc) is 3.27. The summed E-state index contributed by atoms with van der Waals surface area (Å²) in [6.45, 7) is 0. The molecule has 4 aromatic rings. The lowest BCUT2D eigenvalue weighted by Crippen LogP contribution is -2.12. The van der Waals surface area contributed by atoms with Gasteiger partial charge in [0.15, 0.2) is 5.78 Å². The molecule has 0 aliphatic heterocycles. The molecule has 9 heteroatoms. The van der Waals surface area contributed by atoms with Crippen LogP contribution in [0.15, 0.2) is 90.0 Å². The Labute approximate surface area is 202 Å². The van der Waals surface area contributed by atoms with Crippen molar-refractivity contribution in [3.05, 3.63) is 101 Å². The average molecular weight is 494 g/mol. The predicted octanol–water partition coefficient (Wildman–Crippen LogP) is 4.74. The third-order valence-corrected chi connectivity index (χ3v) is 6.26. The van der Waals surface area contributed by atoms with Crippen molar-refractivity contribution in [2.45, 2.75) is 4.90 Å². The second-order valence-electron chi connectivity index (χ2n) is 7.35. The second-order valence-corrected chi connectivity index (χ2v) is 9.35. The van der Waals surface area contributed by atoms with Crippen molar-refractivity contribution in [3.8, 4) is 22.7 Å². The van der Waals surface area contributed by atoms with Crippen molar-refractivity contribution >= 4 is 33.5 Å². The number of methoxy groups -OCH3 is 1. The van der Waals surface area contributed by atoms with Crippen LogP contribution in [0, 0.1) is 0 Å². The molecule has 0 bridgehead atoms. The first kappa shape index (κ1) is 23.4. The zero-order valence-electron chi connectivity index (χ0n) is 18.1. The summed E-state index contributed by atoms with van der Waals surface area (Å²) in [5, 5.41) is 10.4. The molecule has 0 amide bonds. The maximum atomic E-state index is 12.6. The van der Waals surface area contributed by atoms with E-state index < -0.39 is 10.0 Å². The van der Waals surface area contributed by atoms with E-state index >= 15 is 0 Å². The first-order valence-electron chi connectivity index (χ1n) is 10.1. The summed E-state index contributed by atoms with van der Waals surface area (Å²) in [6.07, 6.45) is 4.93. The number of rotatable bonds is 7. The molecule has 0 unspecified atom stereocenters. The molecular formula is C25H20ClN3O4S. The molecule has 0 fully saturated rings. The number of allylic oxidation sites excluding steroid dienone is 1. The summed E-state index contributed by atoms with van der Waals surface area (Å²) >= 11 is 5.91. The SMILES string of the molecule is COc1ccc(-c2nn(-c3ccc(S(N)(=O)=O)cc3)cc2/C=C\C(=O)c2ccc(Cl)cc2)cc1. The topological polar surface area (TPSA) is 104 Å². The number of hydrogen-bond acceptors (Lipinski definition) is 5. The van der Waals surface area contributed by atoms with Gasteiger partial charge in [0.2, 0.25) is 10.0 Å². The maximum Gasteiger partial charge on any atom is 0.238 e. The van der Waals surface area contributed by atoms with E-state index in [-0.39, 0.29) is 10.7 Å². The number of ketones is 1. The van der Waals surface area contributed by atoms with Crippen LogP contribution in [0.2, 0.25) is 5.02 Å². The highest BCUT2D eigenvalue weighted by Gasteiger charge is 2.13. The van der Waals surface area contributed by atoms with Gasteiger partial charge in [-0.2, -0.15) is 5.10 Å². The summed E-state index contributed by atoms with van der Waals surface area (Å²) in [4.78, 5) is 12.6. The largest absolute Gasteiger partial charge is 0.497 e. The number of aromatic nitrogens is 2. The Hall–Kier alpha value is -3.72. The number of ether oxygens (including phenoxy) is 1. The molecule has 1 aromatic heterocycles. The first-order chi connectivity index (χ1) is 16.2. The van der Waals surface area contributed by atoms with E-state index in [0.29, 0.717) is 33.3 Å². The fourth-order valence-electron chi connectivity index (χ4n) is 3.28. The molecule has 0 saturated carbocycles. The van der Waals surface area contributed by atoms with Gasteiger partial charge in [0.05, 0.1) is 23.4 Å². The summed E-state index contributed by atoms with van der Waals surface area (Å²) in [5.41, 5.74) is 3.30. The van der Waals surface area contributed by atoms with Gasteiger partial charge in [0.25, 0.3) is 0 Å². The summed E-state index contributed by atoms with van der Waals surface area (Å²) < 4.78 is 30.0. The summed E-state index contributed by atoms with van der Waals surface area (Å²) in [5.74, 6) is 0.527. The number of halogens is 1. The highest BCUT2D eigenvalue weighted by Crippen LogP contribution is 2.27. The van der Waals surface area contributed by atoms with Crippen LogP contribution in [0.4, 0.5) is 0 Å². The van der Waals surface area contributed by atoms with Gasteiger partial charge in [0.1, 0.15) is 5.75 Å². The predicted molar refractivity (Wildman–Crippen MR) is 132 cm³/mol. The minimum absolute atomic E-state index is 0.00691. The molecule has 2 N–H and O–H groups in total. The van der Waals surface area contributed by atoms with Crippen LogP contribution in [-0.4, -0.2) is 31.1 Å². The number of hydrogen-bond donors (Lipinski definition) is 1. The number of primary sulfonamides is 1. The Kier molecular flexibility index (Phi) is 6.65. The number of sulfonamides is 1. The highest BCUT2D eigenvalue weighted by atomic mass is 35.5. The van der Waals surface area contributed by atoms with Crippen molar-refractivity contribution in [1.82, 2.24) is 9.78 Å². The Balaban J connectivity index is 1.73. The minimum atomic E-state index is -3.80. The number of carbonyl (C=O) groups is 1. The van der Waals surface area contributed by atoms with E-state index in [9.17, 15) is 13.2 Å². The Morgan fingerprint density at radius 1 is 1.00 bits per heavy atom. The van der Waals surface area contributed by atoms with Crippen LogP contribution in [0.1, 0.15) is 15.9 Å². The van der Waals surface area contributed by atoms with Gasteiger partial charge in [0, 0.05) is 27.9 Å². The molecule has 0 aliphatic rings. The number of benzene rings is 3. The maximum absolute atomic E-state index is 12.6. The first-order valence-corrected chi connectivity index (χ1v) is 12.0. The monoisotopic (exact) mass is 493 g/mol. The molecule has 34 heavy (non-hydrogen) atoms. The highest BCUT2D eigenvalue weighted by molar-refractivity contribution is 7.89. The molecule has 0 atom stereocenters. The third kappa shape index (κ3) is 5.26. The molecule has 1 heterocycles.